The smallest absolute Gasteiger partial charge is 0.0780 e. The topological polar surface area (TPSA) is 0 Å². The average molecular weight is 319 g/mol. The van der Waals surface area contributed by atoms with Gasteiger partial charge < -0.3 is 4.48 Å². The van der Waals surface area contributed by atoms with E-state index in [0.717, 1.165) is 4.48 Å². The van der Waals surface area contributed by atoms with Gasteiger partial charge in [0.15, 0.2) is 0 Å². The highest BCUT2D eigenvalue weighted by molar-refractivity contribution is 5.21. The predicted molar refractivity (Wildman–Crippen MR) is 104 cm³/mol. The summed E-state index contributed by atoms with van der Waals surface area (Å²) in [7, 11) is 6.87. The second kappa shape index (κ2) is 11.7. The molecule has 0 spiro atoms. The summed E-state index contributed by atoms with van der Waals surface area (Å²) in [6, 6.07) is 9.04. The molecular formula is C22H40N+. The Morgan fingerprint density at radius 1 is 0.609 bits per heavy atom. The lowest BCUT2D eigenvalue weighted by Gasteiger charge is -2.23. The fraction of sp³-hybridized carbons (Fsp3) is 0.727. The van der Waals surface area contributed by atoms with Gasteiger partial charge in [-0.1, -0.05) is 74.8 Å². The third-order valence-corrected chi connectivity index (χ3v) is 4.66. The first-order valence-corrected chi connectivity index (χ1v) is 9.83. The Morgan fingerprint density at radius 3 is 1.52 bits per heavy atom. The van der Waals surface area contributed by atoms with Crippen LogP contribution < -0.4 is 0 Å². The third kappa shape index (κ3) is 12.3. The van der Waals surface area contributed by atoms with E-state index < -0.39 is 0 Å². The van der Waals surface area contributed by atoms with Crippen molar-refractivity contribution in [2.24, 2.45) is 0 Å². The van der Waals surface area contributed by atoms with Crippen molar-refractivity contribution in [3.05, 3.63) is 35.4 Å². The molecular weight excluding hydrogens is 278 g/mol. The third-order valence-electron chi connectivity index (χ3n) is 4.66. The first kappa shape index (κ1) is 20.2. The van der Waals surface area contributed by atoms with Gasteiger partial charge in [0.25, 0.3) is 0 Å². The molecule has 0 aliphatic heterocycles. The maximum atomic E-state index is 2.29. The van der Waals surface area contributed by atoms with Gasteiger partial charge in [0, 0.05) is 0 Å². The van der Waals surface area contributed by atoms with E-state index in [1.165, 1.54) is 88.3 Å². The molecule has 0 amide bonds. The minimum atomic E-state index is 1.11. The monoisotopic (exact) mass is 318 g/mol. The molecule has 0 aliphatic carbocycles. The number of aryl methyl sites for hydroxylation is 2. The molecule has 23 heavy (non-hydrogen) atoms. The summed E-state index contributed by atoms with van der Waals surface area (Å²) < 4.78 is 1.11. The van der Waals surface area contributed by atoms with Crippen LogP contribution in [0.5, 0.6) is 0 Å². The van der Waals surface area contributed by atoms with Crippen LogP contribution in [0.15, 0.2) is 24.3 Å². The molecule has 1 nitrogen and oxygen atoms in total. The second-order valence-corrected chi connectivity index (χ2v) is 8.29. The van der Waals surface area contributed by atoms with E-state index in [2.05, 4.69) is 52.3 Å². The van der Waals surface area contributed by atoms with Gasteiger partial charge in [0.05, 0.1) is 27.7 Å². The molecule has 0 N–H and O–H groups in total. The molecule has 0 aliphatic rings. The SMILES string of the molecule is Cc1ccc(CCCCCCCCCCCC[N+](C)(C)C)cc1. The highest BCUT2D eigenvalue weighted by atomic mass is 15.3. The lowest BCUT2D eigenvalue weighted by Crippen LogP contribution is -2.35. The molecule has 1 aromatic carbocycles. The maximum Gasteiger partial charge on any atom is 0.0780 e. The molecule has 0 atom stereocenters. The molecule has 132 valence electrons. The van der Waals surface area contributed by atoms with E-state index in [-0.39, 0.29) is 0 Å². The van der Waals surface area contributed by atoms with Crippen LogP contribution >= 0.6 is 0 Å². The lowest BCUT2D eigenvalue weighted by atomic mass is 10.0. The van der Waals surface area contributed by atoms with E-state index >= 15 is 0 Å². The zero-order valence-corrected chi connectivity index (χ0v) is 16.2. The Hall–Kier alpha value is -0.820. The van der Waals surface area contributed by atoms with E-state index in [9.17, 15) is 0 Å². The minimum absolute atomic E-state index is 1.11. The van der Waals surface area contributed by atoms with Gasteiger partial charge >= 0.3 is 0 Å². The van der Waals surface area contributed by atoms with Crippen LogP contribution in [0, 0.1) is 6.92 Å². The van der Waals surface area contributed by atoms with Crippen LogP contribution in [-0.2, 0) is 6.42 Å². The molecule has 1 aromatic rings. The maximum absolute atomic E-state index is 2.29. The number of quaternary nitrogens is 1. The first-order valence-electron chi connectivity index (χ1n) is 9.83. The fourth-order valence-corrected chi connectivity index (χ4v) is 3.08. The first-order chi connectivity index (χ1) is 11.0. The highest BCUT2D eigenvalue weighted by Gasteiger charge is 2.04. The summed E-state index contributed by atoms with van der Waals surface area (Å²) in [6.45, 7) is 3.48. The van der Waals surface area contributed by atoms with Crippen molar-refractivity contribution in [1.82, 2.24) is 0 Å². The summed E-state index contributed by atoms with van der Waals surface area (Å²) in [5.74, 6) is 0. The molecule has 1 rings (SSSR count). The second-order valence-electron chi connectivity index (χ2n) is 8.29. The number of nitrogens with zero attached hydrogens (tertiary/aromatic N) is 1. The quantitative estimate of drug-likeness (QED) is 0.302. The zero-order chi connectivity index (χ0) is 17.0. The molecule has 0 unspecified atom stereocenters. The summed E-state index contributed by atoms with van der Waals surface area (Å²) in [6.07, 6.45) is 15.5. The molecule has 1 heteroatoms. The summed E-state index contributed by atoms with van der Waals surface area (Å²) in [5, 5.41) is 0. The lowest BCUT2D eigenvalue weighted by molar-refractivity contribution is -0.870. The molecule has 0 radical (unpaired) electrons. The highest BCUT2D eigenvalue weighted by Crippen LogP contribution is 2.13. The van der Waals surface area contributed by atoms with Gasteiger partial charge in [0.2, 0.25) is 0 Å². The van der Waals surface area contributed by atoms with Crippen LogP contribution in [0.3, 0.4) is 0 Å². The summed E-state index contributed by atoms with van der Waals surface area (Å²) in [5.41, 5.74) is 2.87. The van der Waals surface area contributed by atoms with Crippen LogP contribution in [0.1, 0.15) is 75.3 Å². The molecule has 0 heterocycles. The number of benzene rings is 1. The van der Waals surface area contributed by atoms with Crippen LogP contribution in [0.2, 0.25) is 0 Å². The van der Waals surface area contributed by atoms with Crippen molar-refractivity contribution in [1.29, 1.82) is 0 Å². The van der Waals surface area contributed by atoms with Crippen molar-refractivity contribution in [2.45, 2.75) is 77.6 Å². The molecule has 0 saturated carbocycles. The Labute approximate surface area is 145 Å². The van der Waals surface area contributed by atoms with Crippen molar-refractivity contribution in [3.63, 3.8) is 0 Å². The van der Waals surface area contributed by atoms with Crippen molar-refractivity contribution in [3.8, 4) is 0 Å². The Balaban J connectivity index is 1.82. The van der Waals surface area contributed by atoms with Crippen LogP contribution in [0.25, 0.3) is 0 Å². The normalized spacial score (nSPS) is 11.8. The van der Waals surface area contributed by atoms with E-state index in [4.69, 9.17) is 0 Å². The standard InChI is InChI=1S/C22H40N/c1-21-16-18-22(19-17-21)15-13-11-9-7-5-6-8-10-12-14-20-23(2,3)4/h16-19H,5-15,20H2,1-4H3/q+1. The van der Waals surface area contributed by atoms with E-state index in [1.807, 2.05) is 0 Å². The predicted octanol–water partition coefficient (Wildman–Crippen LogP) is 6.14. The van der Waals surface area contributed by atoms with Gasteiger partial charge in [-0.15, -0.1) is 0 Å². The van der Waals surface area contributed by atoms with Crippen LogP contribution in [-0.4, -0.2) is 32.2 Å². The number of unbranched alkanes of at least 4 members (excludes halogenated alkanes) is 9. The van der Waals surface area contributed by atoms with Crippen molar-refractivity contribution < 1.29 is 4.48 Å². The van der Waals surface area contributed by atoms with Crippen molar-refractivity contribution >= 4 is 0 Å². The van der Waals surface area contributed by atoms with E-state index in [0.29, 0.717) is 0 Å². The van der Waals surface area contributed by atoms with Crippen molar-refractivity contribution in [2.75, 3.05) is 27.7 Å². The summed E-state index contributed by atoms with van der Waals surface area (Å²) in [4.78, 5) is 0. The Kier molecular flexibility index (Phi) is 10.3. The zero-order valence-electron chi connectivity index (χ0n) is 16.2. The van der Waals surface area contributed by atoms with Gasteiger partial charge in [-0.3, -0.25) is 0 Å². The fourth-order valence-electron chi connectivity index (χ4n) is 3.08. The largest absolute Gasteiger partial charge is 0.331 e. The van der Waals surface area contributed by atoms with Gasteiger partial charge in [-0.05, 0) is 38.2 Å². The summed E-state index contributed by atoms with van der Waals surface area (Å²) >= 11 is 0. The molecule has 0 fully saturated rings. The Bertz CT molecular complexity index is 385. The van der Waals surface area contributed by atoms with E-state index in [1.54, 1.807) is 0 Å². The van der Waals surface area contributed by atoms with Gasteiger partial charge in [-0.2, -0.15) is 0 Å². The average Bonchev–Trinajstić information content (AvgIpc) is 2.49. The Morgan fingerprint density at radius 2 is 1.04 bits per heavy atom. The van der Waals surface area contributed by atoms with Gasteiger partial charge in [0.1, 0.15) is 0 Å². The van der Waals surface area contributed by atoms with Crippen LogP contribution in [0.4, 0.5) is 0 Å². The molecule has 0 saturated heterocycles. The number of rotatable bonds is 13. The number of hydrogen-bond acceptors (Lipinski definition) is 0. The van der Waals surface area contributed by atoms with Gasteiger partial charge in [-0.25, -0.2) is 0 Å². The molecule has 0 aromatic heterocycles. The minimum Gasteiger partial charge on any atom is -0.331 e. The molecule has 0 bridgehead atoms. The number of hydrogen-bond donors (Lipinski definition) is 0.